The predicted octanol–water partition coefficient (Wildman–Crippen LogP) is 5.15. The lowest BCUT2D eigenvalue weighted by molar-refractivity contribution is 0.578. The molecule has 4 rings (SSSR count). The Morgan fingerprint density at radius 1 is 1.00 bits per heavy atom. The third-order valence-electron chi connectivity index (χ3n) is 4.93. The van der Waals surface area contributed by atoms with Crippen LogP contribution in [0.3, 0.4) is 0 Å². The number of nitrogens with zero attached hydrogens (tertiary/aromatic N) is 3. The summed E-state index contributed by atoms with van der Waals surface area (Å²) >= 11 is 0. The first-order chi connectivity index (χ1) is 12.7. The van der Waals surface area contributed by atoms with E-state index in [1.165, 1.54) is 24.9 Å². The van der Waals surface area contributed by atoms with Gasteiger partial charge in [-0.25, -0.2) is 0 Å². The van der Waals surface area contributed by atoms with E-state index in [1.54, 1.807) is 0 Å². The fourth-order valence-corrected chi connectivity index (χ4v) is 3.59. The van der Waals surface area contributed by atoms with E-state index in [4.69, 9.17) is 0 Å². The van der Waals surface area contributed by atoms with E-state index in [0.717, 1.165) is 41.1 Å². The van der Waals surface area contributed by atoms with E-state index in [-0.39, 0.29) is 0 Å². The number of nitriles is 1. The molecule has 0 aliphatic carbocycles. The molecule has 1 fully saturated rings. The first-order valence-electron chi connectivity index (χ1n) is 9.16. The van der Waals surface area contributed by atoms with E-state index < -0.39 is 0 Å². The fourth-order valence-electron chi connectivity index (χ4n) is 3.59. The van der Waals surface area contributed by atoms with Crippen LogP contribution in [0.1, 0.15) is 30.5 Å². The molecule has 2 heterocycles. The van der Waals surface area contributed by atoms with Gasteiger partial charge in [0.2, 0.25) is 0 Å². The third-order valence-corrected chi connectivity index (χ3v) is 4.93. The van der Waals surface area contributed by atoms with Crippen molar-refractivity contribution in [2.24, 2.45) is 0 Å². The highest BCUT2D eigenvalue weighted by Gasteiger charge is 2.11. The largest absolute Gasteiger partial charge is 0.372 e. The molecule has 130 valence electrons. The van der Waals surface area contributed by atoms with Gasteiger partial charge in [0.1, 0.15) is 0 Å². The molecule has 1 aliphatic heterocycles. The third kappa shape index (κ3) is 3.34. The molecule has 1 N–H and O–H groups in total. The fraction of sp³-hybridized carbons (Fsp3) is 0.273. The molecule has 1 saturated heterocycles. The lowest BCUT2D eigenvalue weighted by Crippen LogP contribution is -2.29. The monoisotopic (exact) mass is 342 g/mol. The van der Waals surface area contributed by atoms with E-state index in [2.05, 4.69) is 45.5 Å². The Balaban J connectivity index is 1.63. The number of hydrogen-bond acceptors (Lipinski definition) is 4. The topological polar surface area (TPSA) is 52.0 Å². The van der Waals surface area contributed by atoms with Crippen molar-refractivity contribution in [3.05, 3.63) is 59.8 Å². The Hall–Kier alpha value is -3.06. The second-order valence-corrected chi connectivity index (χ2v) is 6.87. The Labute approximate surface area is 154 Å². The molecular formula is C22H22N4. The van der Waals surface area contributed by atoms with Gasteiger partial charge < -0.3 is 10.2 Å². The molecule has 1 aliphatic rings. The standard InChI is InChI=1S/C22H22N4/c1-16-13-22(20-14-17(15-23)5-10-21(20)24-16)25-18-6-8-19(9-7-18)26-11-3-2-4-12-26/h5-10,13-14H,2-4,11-12H2,1H3,(H,24,25). The zero-order valence-corrected chi connectivity index (χ0v) is 15.0. The minimum absolute atomic E-state index is 0.645. The van der Waals surface area contributed by atoms with Gasteiger partial charge in [-0.05, 0) is 74.7 Å². The molecule has 0 spiro atoms. The molecule has 2 aromatic carbocycles. The molecule has 0 bridgehead atoms. The maximum absolute atomic E-state index is 9.19. The van der Waals surface area contributed by atoms with E-state index in [1.807, 2.05) is 31.2 Å². The number of nitrogens with one attached hydrogen (secondary N) is 1. The van der Waals surface area contributed by atoms with Crippen LogP contribution < -0.4 is 10.2 Å². The minimum Gasteiger partial charge on any atom is -0.372 e. The summed E-state index contributed by atoms with van der Waals surface area (Å²) in [5.41, 5.74) is 5.81. The highest BCUT2D eigenvalue weighted by atomic mass is 15.1. The number of aryl methyl sites for hydroxylation is 1. The van der Waals surface area contributed by atoms with Crippen LogP contribution in [-0.2, 0) is 0 Å². The maximum Gasteiger partial charge on any atom is 0.0991 e. The normalized spacial score (nSPS) is 14.2. The molecule has 0 saturated carbocycles. The maximum atomic E-state index is 9.19. The number of aromatic nitrogens is 1. The van der Waals surface area contributed by atoms with Crippen LogP contribution in [-0.4, -0.2) is 18.1 Å². The van der Waals surface area contributed by atoms with Crippen LogP contribution in [0.4, 0.5) is 17.1 Å². The van der Waals surface area contributed by atoms with Crippen LogP contribution in [0.5, 0.6) is 0 Å². The zero-order valence-electron chi connectivity index (χ0n) is 15.0. The van der Waals surface area contributed by atoms with Crippen molar-refractivity contribution >= 4 is 28.0 Å². The summed E-state index contributed by atoms with van der Waals surface area (Å²) in [4.78, 5) is 7.03. The van der Waals surface area contributed by atoms with Gasteiger partial charge in [-0.3, -0.25) is 4.98 Å². The number of benzene rings is 2. The summed E-state index contributed by atoms with van der Waals surface area (Å²) in [6.07, 6.45) is 3.91. The van der Waals surface area contributed by atoms with Crippen molar-refractivity contribution in [3.8, 4) is 6.07 Å². The number of piperidine rings is 1. The van der Waals surface area contributed by atoms with Gasteiger partial charge in [-0.1, -0.05) is 0 Å². The number of pyridine rings is 1. The van der Waals surface area contributed by atoms with Gasteiger partial charge in [0.25, 0.3) is 0 Å². The van der Waals surface area contributed by atoms with Crippen LogP contribution in [0.15, 0.2) is 48.5 Å². The SMILES string of the molecule is Cc1cc(Nc2ccc(N3CCCCC3)cc2)c2cc(C#N)ccc2n1. The Kier molecular flexibility index (Phi) is 4.45. The highest BCUT2D eigenvalue weighted by molar-refractivity contribution is 5.94. The van der Waals surface area contributed by atoms with Crippen molar-refractivity contribution < 1.29 is 0 Å². The molecule has 0 radical (unpaired) electrons. The van der Waals surface area contributed by atoms with Crippen molar-refractivity contribution in [2.75, 3.05) is 23.3 Å². The van der Waals surface area contributed by atoms with Gasteiger partial charge in [-0.2, -0.15) is 5.26 Å². The predicted molar refractivity (Wildman–Crippen MR) is 107 cm³/mol. The molecule has 0 amide bonds. The zero-order chi connectivity index (χ0) is 17.9. The van der Waals surface area contributed by atoms with Crippen LogP contribution in [0.2, 0.25) is 0 Å². The average molecular weight is 342 g/mol. The van der Waals surface area contributed by atoms with Gasteiger partial charge in [-0.15, -0.1) is 0 Å². The Morgan fingerprint density at radius 3 is 2.50 bits per heavy atom. The lowest BCUT2D eigenvalue weighted by atomic mass is 10.1. The summed E-state index contributed by atoms with van der Waals surface area (Å²) in [6, 6.07) is 18.5. The Morgan fingerprint density at radius 2 is 1.77 bits per heavy atom. The quantitative estimate of drug-likeness (QED) is 0.715. The number of anilines is 3. The molecule has 0 unspecified atom stereocenters. The second-order valence-electron chi connectivity index (χ2n) is 6.87. The average Bonchev–Trinajstić information content (AvgIpc) is 2.69. The summed E-state index contributed by atoms with van der Waals surface area (Å²) in [5.74, 6) is 0. The van der Waals surface area contributed by atoms with Gasteiger partial charge >= 0.3 is 0 Å². The molecule has 26 heavy (non-hydrogen) atoms. The Bertz CT molecular complexity index is 964. The van der Waals surface area contributed by atoms with Crippen LogP contribution >= 0.6 is 0 Å². The van der Waals surface area contributed by atoms with Crippen molar-refractivity contribution in [2.45, 2.75) is 26.2 Å². The summed E-state index contributed by atoms with van der Waals surface area (Å²) < 4.78 is 0. The number of hydrogen-bond donors (Lipinski definition) is 1. The van der Waals surface area contributed by atoms with Gasteiger partial charge in [0.15, 0.2) is 0 Å². The summed E-state index contributed by atoms with van der Waals surface area (Å²) in [6.45, 7) is 4.29. The first kappa shape index (κ1) is 16.4. The minimum atomic E-state index is 0.645. The second kappa shape index (κ2) is 7.05. The van der Waals surface area contributed by atoms with Crippen LogP contribution in [0, 0.1) is 18.3 Å². The number of rotatable bonds is 3. The van der Waals surface area contributed by atoms with Crippen molar-refractivity contribution in [1.29, 1.82) is 5.26 Å². The summed E-state index contributed by atoms with van der Waals surface area (Å²) in [5, 5.41) is 13.7. The summed E-state index contributed by atoms with van der Waals surface area (Å²) in [7, 11) is 0. The smallest absolute Gasteiger partial charge is 0.0991 e. The lowest BCUT2D eigenvalue weighted by Gasteiger charge is -2.28. The molecular weight excluding hydrogens is 320 g/mol. The van der Waals surface area contributed by atoms with Gasteiger partial charge in [0.05, 0.1) is 17.1 Å². The molecule has 4 heteroatoms. The van der Waals surface area contributed by atoms with Crippen LogP contribution in [0.25, 0.3) is 10.9 Å². The van der Waals surface area contributed by atoms with E-state index >= 15 is 0 Å². The molecule has 3 aromatic rings. The van der Waals surface area contributed by atoms with Crippen molar-refractivity contribution in [3.63, 3.8) is 0 Å². The molecule has 0 atom stereocenters. The molecule has 4 nitrogen and oxygen atoms in total. The van der Waals surface area contributed by atoms with Crippen molar-refractivity contribution in [1.82, 2.24) is 4.98 Å². The first-order valence-corrected chi connectivity index (χ1v) is 9.16. The van der Waals surface area contributed by atoms with E-state index in [9.17, 15) is 5.26 Å². The van der Waals surface area contributed by atoms with Gasteiger partial charge in [0, 0.05) is 41.2 Å². The van der Waals surface area contributed by atoms with E-state index in [0.29, 0.717) is 5.56 Å². The number of fused-ring (bicyclic) bond motifs is 1. The molecule has 1 aromatic heterocycles. The highest BCUT2D eigenvalue weighted by Crippen LogP contribution is 2.29.